The van der Waals surface area contributed by atoms with E-state index in [1.165, 1.54) is 6.07 Å². The van der Waals surface area contributed by atoms with Crippen molar-refractivity contribution in [1.82, 2.24) is 0 Å². The molecule has 4 nitrogen and oxygen atoms in total. The molecule has 0 radical (unpaired) electrons. The molecule has 1 rings (SSSR count). The fourth-order valence-electron chi connectivity index (χ4n) is 0.880. The van der Waals surface area contributed by atoms with E-state index in [4.69, 9.17) is 27.4 Å². The van der Waals surface area contributed by atoms with Gasteiger partial charge < -0.3 is 20.4 Å². The van der Waals surface area contributed by atoms with Crippen LogP contribution in [0.25, 0.3) is 0 Å². The zero-order valence-corrected chi connectivity index (χ0v) is 7.53. The van der Waals surface area contributed by atoms with Crippen LogP contribution in [0.15, 0.2) is 18.2 Å². The summed E-state index contributed by atoms with van der Waals surface area (Å²) in [5.74, 6) is 0.217. The first-order valence-electron chi connectivity index (χ1n) is 3.65. The molecule has 70 valence electrons. The van der Waals surface area contributed by atoms with E-state index in [1.807, 2.05) is 0 Å². The van der Waals surface area contributed by atoms with Crippen molar-refractivity contribution in [2.24, 2.45) is 5.73 Å². The molecule has 0 saturated carbocycles. The summed E-state index contributed by atoms with van der Waals surface area (Å²) in [4.78, 5) is 0. The molecule has 0 bridgehead atoms. The summed E-state index contributed by atoms with van der Waals surface area (Å²) in [6, 6.07) is 4.84. The molecule has 1 aromatic carbocycles. The Labute approximate surface area is 81.1 Å². The minimum atomic E-state index is -1.86. The fraction of sp³-hybridized carbons (Fsp3) is 0.143. The van der Waals surface area contributed by atoms with Gasteiger partial charge in [0.2, 0.25) is 0 Å². The Hall–Kier alpha value is -0.745. The molecule has 0 fully saturated rings. The van der Waals surface area contributed by atoms with Gasteiger partial charge in [-0.2, -0.15) is 0 Å². The molecule has 4 N–H and O–H groups in total. The van der Waals surface area contributed by atoms with Crippen LogP contribution in [0, 0.1) is 0 Å². The predicted octanol–water partition coefficient (Wildman–Crippen LogP) is 0.147. The highest BCUT2D eigenvalue weighted by Crippen LogP contribution is 2.25. The Morgan fingerprint density at radius 2 is 2.15 bits per heavy atom. The van der Waals surface area contributed by atoms with Gasteiger partial charge in [0.05, 0.1) is 5.02 Å². The molecule has 0 unspecified atom stereocenters. The predicted molar refractivity (Wildman–Crippen MR) is 50.2 cm³/mol. The van der Waals surface area contributed by atoms with Gasteiger partial charge in [-0.25, -0.2) is 0 Å². The van der Waals surface area contributed by atoms with Crippen LogP contribution in [0.5, 0.6) is 5.75 Å². The van der Waals surface area contributed by atoms with Crippen LogP contribution in [-0.4, -0.2) is 17.4 Å². The molecule has 0 heterocycles. The highest BCUT2D eigenvalue weighted by Gasteiger charge is 2.13. The number of hydrogen-bond donors (Lipinski definition) is 3. The first-order chi connectivity index (χ1) is 6.13. The van der Waals surface area contributed by atoms with Crippen molar-refractivity contribution in [2.45, 2.75) is 6.54 Å². The molecule has 0 aromatic heterocycles. The standard InChI is InChI=1S/C7H9BClNO3/c9-6-3-5(4-10)1-2-7(6)13-8(11)12/h1-3,11-12H,4,10H2. The number of nitrogens with two attached hydrogens (primary N) is 1. The lowest BCUT2D eigenvalue weighted by Gasteiger charge is -2.07. The van der Waals surface area contributed by atoms with Gasteiger partial charge in [0.25, 0.3) is 0 Å². The molecular formula is C7H9BClNO3. The summed E-state index contributed by atoms with van der Waals surface area (Å²) in [6.45, 7) is 0.377. The zero-order chi connectivity index (χ0) is 9.84. The van der Waals surface area contributed by atoms with Crippen molar-refractivity contribution in [3.05, 3.63) is 28.8 Å². The third-order valence-electron chi connectivity index (χ3n) is 1.46. The van der Waals surface area contributed by atoms with Crippen molar-refractivity contribution in [3.63, 3.8) is 0 Å². The van der Waals surface area contributed by atoms with Crippen LogP contribution < -0.4 is 10.4 Å². The topological polar surface area (TPSA) is 75.7 Å². The Bertz CT molecular complexity index is 295. The number of rotatable bonds is 3. The van der Waals surface area contributed by atoms with E-state index in [9.17, 15) is 0 Å². The minimum Gasteiger partial charge on any atom is -0.511 e. The Morgan fingerprint density at radius 1 is 1.46 bits per heavy atom. The summed E-state index contributed by atoms with van der Waals surface area (Å²) in [6.07, 6.45) is 0. The summed E-state index contributed by atoms with van der Waals surface area (Å²) in [5, 5.41) is 17.3. The van der Waals surface area contributed by atoms with Gasteiger partial charge in [0, 0.05) is 6.54 Å². The largest absolute Gasteiger partial charge is 0.707 e. The van der Waals surface area contributed by atoms with Crippen molar-refractivity contribution in [3.8, 4) is 5.75 Å². The van der Waals surface area contributed by atoms with Crippen LogP contribution in [-0.2, 0) is 6.54 Å². The number of hydrogen-bond acceptors (Lipinski definition) is 4. The summed E-state index contributed by atoms with van der Waals surface area (Å²) >= 11 is 5.75. The highest BCUT2D eigenvalue weighted by atomic mass is 35.5. The lowest BCUT2D eigenvalue weighted by molar-refractivity contribution is 0.288. The van der Waals surface area contributed by atoms with E-state index in [-0.39, 0.29) is 5.75 Å². The Morgan fingerprint density at radius 3 is 2.62 bits per heavy atom. The Kier molecular flexibility index (Phi) is 3.56. The van der Waals surface area contributed by atoms with Gasteiger partial charge in [0.15, 0.2) is 0 Å². The summed E-state index contributed by atoms with van der Waals surface area (Å²) in [5.41, 5.74) is 6.22. The highest BCUT2D eigenvalue weighted by molar-refractivity contribution is 6.36. The van der Waals surface area contributed by atoms with Gasteiger partial charge in [-0.05, 0) is 17.7 Å². The summed E-state index contributed by atoms with van der Waals surface area (Å²) in [7, 11) is -1.86. The monoisotopic (exact) mass is 201 g/mol. The van der Waals surface area contributed by atoms with Crippen LogP contribution in [0.2, 0.25) is 5.02 Å². The van der Waals surface area contributed by atoms with Crippen molar-refractivity contribution < 1.29 is 14.7 Å². The van der Waals surface area contributed by atoms with Gasteiger partial charge in [-0.3, -0.25) is 0 Å². The number of benzene rings is 1. The molecule has 0 saturated heterocycles. The summed E-state index contributed by atoms with van der Waals surface area (Å²) < 4.78 is 4.58. The molecule has 0 spiro atoms. The van der Waals surface area contributed by atoms with E-state index in [0.29, 0.717) is 11.6 Å². The average Bonchev–Trinajstić information content (AvgIpc) is 2.08. The maximum atomic E-state index is 8.51. The van der Waals surface area contributed by atoms with Crippen molar-refractivity contribution in [2.75, 3.05) is 0 Å². The third-order valence-corrected chi connectivity index (χ3v) is 1.76. The van der Waals surface area contributed by atoms with E-state index in [0.717, 1.165) is 5.56 Å². The maximum Gasteiger partial charge on any atom is 0.707 e. The SMILES string of the molecule is NCc1ccc(OB(O)O)c(Cl)c1. The van der Waals surface area contributed by atoms with Crippen LogP contribution in [0.1, 0.15) is 5.56 Å². The van der Waals surface area contributed by atoms with Gasteiger partial charge in [0.1, 0.15) is 5.75 Å². The Balaban J connectivity index is 2.85. The van der Waals surface area contributed by atoms with Crippen molar-refractivity contribution >= 4 is 18.9 Å². The molecule has 0 atom stereocenters. The second-order valence-corrected chi connectivity index (χ2v) is 2.82. The second kappa shape index (κ2) is 4.48. The normalized spacial score (nSPS) is 9.85. The van der Waals surface area contributed by atoms with E-state index in [2.05, 4.69) is 4.65 Å². The van der Waals surface area contributed by atoms with Crippen LogP contribution >= 0.6 is 11.6 Å². The van der Waals surface area contributed by atoms with E-state index >= 15 is 0 Å². The van der Waals surface area contributed by atoms with Gasteiger partial charge in [-0.1, -0.05) is 17.7 Å². The van der Waals surface area contributed by atoms with Crippen molar-refractivity contribution in [1.29, 1.82) is 0 Å². The smallest absolute Gasteiger partial charge is 0.511 e. The van der Waals surface area contributed by atoms with E-state index < -0.39 is 7.32 Å². The molecule has 0 amide bonds. The first kappa shape index (κ1) is 10.3. The first-order valence-corrected chi connectivity index (χ1v) is 4.02. The third kappa shape index (κ3) is 2.89. The lowest BCUT2D eigenvalue weighted by Crippen LogP contribution is -2.20. The van der Waals surface area contributed by atoms with Crippen LogP contribution in [0.4, 0.5) is 0 Å². The van der Waals surface area contributed by atoms with Gasteiger partial charge >= 0.3 is 7.32 Å². The number of halogens is 1. The molecule has 0 aliphatic heterocycles. The molecule has 13 heavy (non-hydrogen) atoms. The van der Waals surface area contributed by atoms with Crippen LogP contribution in [0.3, 0.4) is 0 Å². The molecule has 0 aliphatic rings. The molecule has 6 heteroatoms. The van der Waals surface area contributed by atoms with E-state index in [1.54, 1.807) is 12.1 Å². The molecule has 0 aliphatic carbocycles. The lowest BCUT2D eigenvalue weighted by atomic mass is 10.2. The fourth-order valence-corrected chi connectivity index (χ4v) is 1.13. The second-order valence-electron chi connectivity index (χ2n) is 2.41. The quantitative estimate of drug-likeness (QED) is 0.609. The minimum absolute atomic E-state index is 0.217. The zero-order valence-electron chi connectivity index (χ0n) is 6.77. The average molecular weight is 201 g/mol. The molecular weight excluding hydrogens is 192 g/mol. The maximum absolute atomic E-state index is 8.51. The van der Waals surface area contributed by atoms with Gasteiger partial charge in [-0.15, -0.1) is 0 Å². The molecule has 1 aromatic rings.